The highest BCUT2D eigenvalue weighted by Crippen LogP contribution is 2.25. The lowest BCUT2D eigenvalue weighted by Gasteiger charge is -2.19. The van der Waals surface area contributed by atoms with Gasteiger partial charge in [-0.05, 0) is 18.6 Å². The molecule has 2 nitrogen and oxygen atoms in total. The van der Waals surface area contributed by atoms with E-state index in [1.165, 1.54) is 12.2 Å². The van der Waals surface area contributed by atoms with E-state index in [9.17, 15) is 9.59 Å². The van der Waals surface area contributed by atoms with E-state index >= 15 is 0 Å². The molecule has 60 valence electrons. The van der Waals surface area contributed by atoms with Crippen LogP contribution in [0.5, 0.6) is 0 Å². The molecule has 2 aliphatic rings. The summed E-state index contributed by atoms with van der Waals surface area (Å²) in [5, 5.41) is 0. The molecule has 2 heteroatoms. The number of carbonyl (C=O) groups is 2. The molecule has 0 radical (unpaired) electrons. The van der Waals surface area contributed by atoms with E-state index in [0.29, 0.717) is 12.0 Å². The minimum atomic E-state index is -0.201. The first-order valence-electron chi connectivity index (χ1n) is 3.92. The van der Waals surface area contributed by atoms with Gasteiger partial charge >= 0.3 is 0 Å². The van der Waals surface area contributed by atoms with Crippen LogP contribution in [0.25, 0.3) is 0 Å². The number of hydrogen-bond donors (Lipinski definition) is 0. The molecule has 0 amide bonds. The maximum atomic E-state index is 11.3. The fourth-order valence-corrected chi connectivity index (χ4v) is 1.52. The number of ketones is 2. The molecule has 0 aliphatic heterocycles. The minimum absolute atomic E-state index is 0.0241. The van der Waals surface area contributed by atoms with Gasteiger partial charge in [0.15, 0.2) is 11.6 Å². The summed E-state index contributed by atoms with van der Waals surface area (Å²) in [4.78, 5) is 22.5. The molecule has 0 bridgehead atoms. The van der Waals surface area contributed by atoms with Crippen LogP contribution in [-0.4, -0.2) is 11.6 Å². The summed E-state index contributed by atoms with van der Waals surface area (Å²) in [6.45, 7) is 0. The van der Waals surface area contributed by atoms with Crippen molar-refractivity contribution in [3.63, 3.8) is 0 Å². The molecule has 0 saturated carbocycles. The maximum absolute atomic E-state index is 11.3. The third-order valence-electron chi connectivity index (χ3n) is 2.19. The van der Waals surface area contributed by atoms with E-state index < -0.39 is 0 Å². The quantitative estimate of drug-likeness (QED) is 0.533. The molecule has 2 aliphatic carbocycles. The van der Waals surface area contributed by atoms with Gasteiger partial charge in [-0.25, -0.2) is 0 Å². The largest absolute Gasteiger partial charge is 0.294 e. The Morgan fingerprint density at radius 1 is 1.25 bits per heavy atom. The van der Waals surface area contributed by atoms with Crippen molar-refractivity contribution in [1.82, 2.24) is 0 Å². The molecule has 0 N–H and O–H groups in total. The maximum Gasteiger partial charge on any atom is 0.182 e. The van der Waals surface area contributed by atoms with Crippen LogP contribution in [0.2, 0.25) is 0 Å². The van der Waals surface area contributed by atoms with Gasteiger partial charge < -0.3 is 0 Å². The summed E-state index contributed by atoms with van der Waals surface area (Å²) in [6, 6.07) is 0. The van der Waals surface area contributed by atoms with E-state index in [-0.39, 0.29) is 17.5 Å². The second-order valence-electron chi connectivity index (χ2n) is 2.94. The molecule has 1 atom stereocenters. The van der Waals surface area contributed by atoms with Gasteiger partial charge in [-0.2, -0.15) is 0 Å². The Hall–Kier alpha value is -1.44. The van der Waals surface area contributed by atoms with Crippen molar-refractivity contribution in [3.8, 4) is 0 Å². The second kappa shape index (κ2) is 2.55. The Balaban J connectivity index is 2.46. The van der Waals surface area contributed by atoms with Crippen LogP contribution in [0.15, 0.2) is 36.0 Å². The van der Waals surface area contributed by atoms with Crippen molar-refractivity contribution in [3.05, 3.63) is 36.0 Å². The molecule has 1 unspecified atom stereocenters. The van der Waals surface area contributed by atoms with E-state index in [1.807, 2.05) is 12.2 Å². The van der Waals surface area contributed by atoms with Gasteiger partial charge in [0.25, 0.3) is 0 Å². The number of fused-ring (bicyclic) bond motifs is 1. The Kier molecular flexibility index (Phi) is 1.54. The second-order valence-corrected chi connectivity index (χ2v) is 2.94. The Morgan fingerprint density at radius 2 is 2.08 bits per heavy atom. The summed E-state index contributed by atoms with van der Waals surface area (Å²) in [5.74, 6) is -0.179. The highest BCUT2D eigenvalue weighted by atomic mass is 16.1. The zero-order valence-electron chi connectivity index (χ0n) is 6.49. The summed E-state index contributed by atoms with van der Waals surface area (Å²) >= 11 is 0. The Morgan fingerprint density at radius 3 is 2.83 bits per heavy atom. The lowest BCUT2D eigenvalue weighted by atomic mass is 9.82. The summed E-state index contributed by atoms with van der Waals surface area (Å²) in [7, 11) is 0. The van der Waals surface area contributed by atoms with Crippen molar-refractivity contribution in [2.45, 2.75) is 6.42 Å². The molecule has 0 aromatic rings. The molecule has 0 heterocycles. The zero-order valence-corrected chi connectivity index (χ0v) is 6.49. The molecule has 0 fully saturated rings. The molecule has 2 rings (SSSR count). The van der Waals surface area contributed by atoms with Gasteiger partial charge in [-0.1, -0.05) is 18.2 Å². The molecule has 0 aromatic carbocycles. The molecule has 0 aromatic heterocycles. The van der Waals surface area contributed by atoms with Crippen LogP contribution in [0.3, 0.4) is 0 Å². The van der Waals surface area contributed by atoms with Gasteiger partial charge in [0, 0.05) is 5.57 Å². The van der Waals surface area contributed by atoms with Crippen LogP contribution >= 0.6 is 0 Å². The topological polar surface area (TPSA) is 34.1 Å². The molecule has 12 heavy (non-hydrogen) atoms. The number of hydrogen-bond acceptors (Lipinski definition) is 2. The van der Waals surface area contributed by atoms with Crippen LogP contribution in [0.1, 0.15) is 6.42 Å². The third kappa shape index (κ3) is 0.961. The number of allylic oxidation sites excluding steroid dienone is 6. The first-order valence-corrected chi connectivity index (χ1v) is 3.92. The van der Waals surface area contributed by atoms with Crippen LogP contribution in [-0.2, 0) is 9.59 Å². The van der Waals surface area contributed by atoms with E-state index in [2.05, 4.69) is 0 Å². The van der Waals surface area contributed by atoms with Gasteiger partial charge in [-0.3, -0.25) is 9.59 Å². The van der Waals surface area contributed by atoms with Crippen molar-refractivity contribution in [2.75, 3.05) is 0 Å². The fourth-order valence-electron chi connectivity index (χ4n) is 1.52. The van der Waals surface area contributed by atoms with Gasteiger partial charge in [0.05, 0.1) is 5.92 Å². The van der Waals surface area contributed by atoms with Crippen LogP contribution in [0.4, 0.5) is 0 Å². The Labute approximate surface area is 70.3 Å². The van der Waals surface area contributed by atoms with Gasteiger partial charge in [0.1, 0.15) is 0 Å². The molecule has 0 saturated heterocycles. The van der Waals surface area contributed by atoms with Crippen molar-refractivity contribution >= 4 is 11.6 Å². The standard InChI is InChI=1S/C10H8O2/c11-9-5-6-10(12)8-4-2-1-3-7(8)9/h1-3,5-6,8H,4H2. The monoisotopic (exact) mass is 160 g/mol. The lowest BCUT2D eigenvalue weighted by molar-refractivity contribution is -0.121. The smallest absolute Gasteiger partial charge is 0.182 e. The van der Waals surface area contributed by atoms with Crippen molar-refractivity contribution in [1.29, 1.82) is 0 Å². The van der Waals surface area contributed by atoms with Crippen molar-refractivity contribution < 1.29 is 9.59 Å². The van der Waals surface area contributed by atoms with Crippen LogP contribution in [0, 0.1) is 5.92 Å². The normalized spacial score (nSPS) is 27.0. The predicted octanol–water partition coefficient (Wildman–Crippen LogP) is 1.20. The highest BCUT2D eigenvalue weighted by Gasteiger charge is 2.28. The predicted molar refractivity (Wildman–Crippen MR) is 44.5 cm³/mol. The average molecular weight is 160 g/mol. The Bertz CT molecular complexity index is 332. The summed E-state index contributed by atoms with van der Waals surface area (Å²) in [5.41, 5.74) is 0.644. The zero-order chi connectivity index (χ0) is 8.55. The summed E-state index contributed by atoms with van der Waals surface area (Å²) in [6.07, 6.45) is 8.88. The van der Waals surface area contributed by atoms with E-state index in [4.69, 9.17) is 0 Å². The van der Waals surface area contributed by atoms with Gasteiger partial charge in [0.2, 0.25) is 0 Å². The average Bonchev–Trinajstić information content (AvgIpc) is 2.12. The number of rotatable bonds is 0. The SMILES string of the molecule is O=C1C=CC(=O)C2CC=CC=C12. The first kappa shape index (κ1) is 7.22. The first-order chi connectivity index (χ1) is 5.79. The van der Waals surface area contributed by atoms with Crippen molar-refractivity contribution in [2.24, 2.45) is 5.92 Å². The van der Waals surface area contributed by atoms with Gasteiger partial charge in [-0.15, -0.1) is 0 Å². The molecule has 0 spiro atoms. The lowest BCUT2D eigenvalue weighted by Crippen LogP contribution is -2.24. The van der Waals surface area contributed by atoms with E-state index in [0.717, 1.165) is 0 Å². The molecular weight excluding hydrogens is 152 g/mol. The minimum Gasteiger partial charge on any atom is -0.294 e. The van der Waals surface area contributed by atoms with E-state index in [1.54, 1.807) is 6.08 Å². The number of carbonyl (C=O) groups excluding carboxylic acids is 2. The van der Waals surface area contributed by atoms with Crippen LogP contribution < -0.4 is 0 Å². The summed E-state index contributed by atoms with van der Waals surface area (Å²) < 4.78 is 0. The molecular formula is C10H8O2. The third-order valence-corrected chi connectivity index (χ3v) is 2.19. The fraction of sp³-hybridized carbons (Fsp3) is 0.200. The highest BCUT2D eigenvalue weighted by molar-refractivity contribution is 6.16.